The molecule has 3 rings (SSSR count). The monoisotopic (exact) mass is 272 g/mol. The summed E-state index contributed by atoms with van der Waals surface area (Å²) in [6, 6.07) is 13.9. The molecule has 0 aliphatic carbocycles. The summed E-state index contributed by atoms with van der Waals surface area (Å²) in [7, 11) is 0. The number of nitro benzene ring substituents is 1. The van der Waals surface area contributed by atoms with Crippen LogP contribution in [-0.2, 0) is 0 Å². The molecular weight excluding hydrogens is 264 g/mol. The fourth-order valence-corrected chi connectivity index (χ4v) is 2.44. The number of hydrogen-bond acceptors (Lipinski definition) is 5. The van der Waals surface area contributed by atoms with Gasteiger partial charge >= 0.3 is 5.69 Å². The molecule has 0 amide bonds. The molecular formula is C13H8N2O3S. The van der Waals surface area contributed by atoms with Crippen molar-refractivity contribution in [3.05, 3.63) is 58.6 Å². The Balaban J connectivity index is 2.04. The van der Waals surface area contributed by atoms with Crippen molar-refractivity contribution in [2.75, 3.05) is 0 Å². The Morgan fingerprint density at radius 1 is 1.11 bits per heavy atom. The number of rotatable bonds is 3. The van der Waals surface area contributed by atoms with E-state index in [1.54, 1.807) is 18.2 Å². The van der Waals surface area contributed by atoms with Gasteiger partial charge in [0.05, 0.1) is 15.0 Å². The molecule has 0 atom stereocenters. The lowest BCUT2D eigenvalue weighted by Gasteiger charge is -2.03. The lowest BCUT2D eigenvalue weighted by atomic mass is 10.2. The van der Waals surface area contributed by atoms with Gasteiger partial charge in [0.15, 0.2) is 0 Å². The SMILES string of the molecule is O=[N+]([O-])c1ccccc1Oc1nsc2ccccc12. The first-order valence-electron chi connectivity index (χ1n) is 5.51. The molecule has 0 saturated heterocycles. The molecule has 0 saturated carbocycles. The highest BCUT2D eigenvalue weighted by atomic mass is 32.1. The van der Waals surface area contributed by atoms with Crippen LogP contribution in [-0.4, -0.2) is 9.30 Å². The minimum absolute atomic E-state index is 0.0698. The number of benzene rings is 2. The second-order valence-electron chi connectivity index (χ2n) is 3.81. The van der Waals surface area contributed by atoms with E-state index in [1.165, 1.54) is 17.6 Å². The second kappa shape index (κ2) is 4.66. The maximum absolute atomic E-state index is 10.9. The Labute approximate surface area is 112 Å². The maximum atomic E-state index is 10.9. The van der Waals surface area contributed by atoms with Crippen molar-refractivity contribution in [2.45, 2.75) is 0 Å². The Morgan fingerprint density at radius 2 is 1.84 bits per heavy atom. The van der Waals surface area contributed by atoms with Gasteiger partial charge in [-0.3, -0.25) is 10.1 Å². The fourth-order valence-electron chi connectivity index (χ4n) is 1.73. The van der Waals surface area contributed by atoms with Crippen LogP contribution in [0.15, 0.2) is 48.5 Å². The molecule has 0 unspecified atom stereocenters. The summed E-state index contributed by atoms with van der Waals surface area (Å²) in [5.74, 6) is 0.596. The Morgan fingerprint density at radius 3 is 2.68 bits per heavy atom. The standard InChI is InChI=1S/C13H8N2O3S/c16-15(17)10-6-2-3-7-11(10)18-13-9-5-1-4-8-12(9)19-14-13/h1-8H. The highest BCUT2D eigenvalue weighted by molar-refractivity contribution is 7.13. The number of aromatic nitrogens is 1. The molecule has 0 aliphatic rings. The van der Waals surface area contributed by atoms with E-state index in [0.717, 1.165) is 10.1 Å². The zero-order valence-electron chi connectivity index (χ0n) is 9.65. The molecule has 1 aromatic heterocycles. The average molecular weight is 272 g/mol. The van der Waals surface area contributed by atoms with Crippen molar-refractivity contribution in [2.24, 2.45) is 0 Å². The van der Waals surface area contributed by atoms with Gasteiger partial charge in [0.25, 0.3) is 0 Å². The number of hydrogen-bond donors (Lipinski definition) is 0. The van der Waals surface area contributed by atoms with Crippen LogP contribution in [0.5, 0.6) is 11.6 Å². The summed E-state index contributed by atoms with van der Waals surface area (Å²) in [6.45, 7) is 0. The molecule has 0 fully saturated rings. The predicted molar refractivity (Wildman–Crippen MR) is 72.8 cm³/mol. The number of nitrogens with zero attached hydrogens (tertiary/aromatic N) is 2. The molecule has 5 nitrogen and oxygen atoms in total. The van der Waals surface area contributed by atoms with E-state index in [4.69, 9.17) is 4.74 Å². The molecule has 6 heteroatoms. The van der Waals surface area contributed by atoms with E-state index in [0.29, 0.717) is 5.88 Å². The lowest BCUT2D eigenvalue weighted by Crippen LogP contribution is -1.93. The Bertz CT molecular complexity index is 754. The van der Waals surface area contributed by atoms with Gasteiger partial charge in [-0.05, 0) is 29.7 Å². The quantitative estimate of drug-likeness (QED) is 0.534. The van der Waals surface area contributed by atoms with Crippen LogP contribution in [0.25, 0.3) is 10.1 Å². The summed E-state index contributed by atoms with van der Waals surface area (Å²) in [6.07, 6.45) is 0. The molecule has 94 valence electrons. The molecule has 0 spiro atoms. The summed E-state index contributed by atoms with van der Waals surface area (Å²) in [5.41, 5.74) is -0.0698. The smallest absolute Gasteiger partial charge is 0.311 e. The van der Waals surface area contributed by atoms with Crippen molar-refractivity contribution < 1.29 is 9.66 Å². The minimum Gasteiger partial charge on any atom is -0.430 e. The van der Waals surface area contributed by atoms with Crippen LogP contribution in [0, 0.1) is 10.1 Å². The van der Waals surface area contributed by atoms with Gasteiger partial charge in [0, 0.05) is 6.07 Å². The molecule has 2 aromatic carbocycles. The summed E-state index contributed by atoms with van der Waals surface area (Å²) >= 11 is 1.30. The van der Waals surface area contributed by atoms with Crippen LogP contribution in [0.4, 0.5) is 5.69 Å². The van der Waals surface area contributed by atoms with E-state index >= 15 is 0 Å². The summed E-state index contributed by atoms with van der Waals surface area (Å²) < 4.78 is 10.8. The van der Waals surface area contributed by atoms with Crippen LogP contribution >= 0.6 is 11.5 Å². The topological polar surface area (TPSA) is 65.3 Å². The summed E-state index contributed by atoms with van der Waals surface area (Å²) in [5, 5.41) is 11.8. The number of ether oxygens (including phenoxy) is 1. The first-order valence-corrected chi connectivity index (χ1v) is 6.29. The highest BCUT2D eigenvalue weighted by Crippen LogP contribution is 2.35. The number of fused-ring (bicyclic) bond motifs is 1. The van der Waals surface area contributed by atoms with Crippen molar-refractivity contribution in [3.63, 3.8) is 0 Å². The molecule has 0 bridgehead atoms. The van der Waals surface area contributed by atoms with Crippen molar-refractivity contribution in [3.8, 4) is 11.6 Å². The van der Waals surface area contributed by atoms with E-state index in [9.17, 15) is 10.1 Å². The molecule has 3 aromatic rings. The summed E-state index contributed by atoms with van der Waals surface area (Å²) in [4.78, 5) is 10.5. The maximum Gasteiger partial charge on any atom is 0.311 e. The molecule has 0 aliphatic heterocycles. The van der Waals surface area contributed by atoms with Gasteiger partial charge in [-0.15, -0.1) is 0 Å². The van der Waals surface area contributed by atoms with Crippen LogP contribution < -0.4 is 4.74 Å². The third-order valence-corrected chi connectivity index (χ3v) is 3.42. The third-order valence-electron chi connectivity index (χ3n) is 2.61. The van der Waals surface area contributed by atoms with Crippen molar-refractivity contribution in [1.29, 1.82) is 0 Å². The largest absolute Gasteiger partial charge is 0.430 e. The van der Waals surface area contributed by atoms with Gasteiger partial charge in [0.2, 0.25) is 11.6 Å². The molecule has 1 heterocycles. The molecule has 0 N–H and O–H groups in total. The predicted octanol–water partition coefficient (Wildman–Crippen LogP) is 4.00. The van der Waals surface area contributed by atoms with Gasteiger partial charge in [-0.1, -0.05) is 24.3 Å². The highest BCUT2D eigenvalue weighted by Gasteiger charge is 2.16. The van der Waals surface area contributed by atoms with E-state index in [2.05, 4.69) is 4.37 Å². The van der Waals surface area contributed by atoms with Gasteiger partial charge in [-0.2, -0.15) is 4.37 Å². The van der Waals surface area contributed by atoms with Crippen LogP contribution in [0.2, 0.25) is 0 Å². The second-order valence-corrected chi connectivity index (χ2v) is 4.62. The fraction of sp³-hybridized carbons (Fsp3) is 0. The first-order chi connectivity index (χ1) is 9.25. The van der Waals surface area contributed by atoms with Crippen LogP contribution in [0.3, 0.4) is 0 Å². The Hall–Kier alpha value is -2.47. The van der Waals surface area contributed by atoms with Gasteiger partial charge in [0.1, 0.15) is 0 Å². The van der Waals surface area contributed by atoms with E-state index < -0.39 is 4.92 Å². The Kier molecular flexibility index (Phi) is 2.85. The van der Waals surface area contributed by atoms with E-state index in [1.807, 2.05) is 24.3 Å². The van der Waals surface area contributed by atoms with E-state index in [-0.39, 0.29) is 11.4 Å². The van der Waals surface area contributed by atoms with Gasteiger partial charge < -0.3 is 4.74 Å². The zero-order chi connectivity index (χ0) is 13.2. The lowest BCUT2D eigenvalue weighted by molar-refractivity contribution is -0.385. The van der Waals surface area contributed by atoms with Crippen LogP contribution in [0.1, 0.15) is 0 Å². The number of nitro groups is 1. The molecule has 0 radical (unpaired) electrons. The van der Waals surface area contributed by atoms with Gasteiger partial charge in [-0.25, -0.2) is 0 Å². The van der Waals surface area contributed by atoms with Crippen molar-refractivity contribution in [1.82, 2.24) is 4.37 Å². The normalized spacial score (nSPS) is 10.5. The van der Waals surface area contributed by atoms with Crippen molar-refractivity contribution >= 4 is 27.3 Å². The number of para-hydroxylation sites is 2. The third kappa shape index (κ3) is 2.13. The average Bonchev–Trinajstić information content (AvgIpc) is 2.83. The first kappa shape index (κ1) is 11.6. The minimum atomic E-state index is -0.468. The molecule has 19 heavy (non-hydrogen) atoms. The zero-order valence-corrected chi connectivity index (χ0v) is 10.5.